The van der Waals surface area contributed by atoms with Crippen molar-refractivity contribution < 1.29 is 13.2 Å². The number of nitrogens with zero attached hydrogens (tertiary/aromatic N) is 3. The molecule has 1 aliphatic carbocycles. The van der Waals surface area contributed by atoms with E-state index in [1.54, 1.807) is 6.07 Å². The molecule has 0 atom stereocenters. The average molecular weight is 543 g/mol. The molecule has 0 bridgehead atoms. The van der Waals surface area contributed by atoms with Crippen molar-refractivity contribution in [1.82, 2.24) is 14.5 Å². The first kappa shape index (κ1) is 28.8. The summed E-state index contributed by atoms with van der Waals surface area (Å²) in [6.07, 6.45) is 6.80. The summed E-state index contributed by atoms with van der Waals surface area (Å²) in [5.74, 6) is 0.642. The first-order chi connectivity index (χ1) is 16.4. The van der Waals surface area contributed by atoms with Crippen molar-refractivity contribution >= 4 is 35.8 Å². The molecule has 3 aromatic rings. The maximum atomic E-state index is 13.4. The Morgan fingerprint density at radius 1 is 0.861 bits per heavy atom. The van der Waals surface area contributed by atoms with Gasteiger partial charge in [0.2, 0.25) is 0 Å². The van der Waals surface area contributed by atoms with Crippen LogP contribution in [-0.4, -0.2) is 33.1 Å². The lowest BCUT2D eigenvalue weighted by molar-refractivity contribution is -0.137. The summed E-state index contributed by atoms with van der Waals surface area (Å²) in [7, 11) is 0. The number of imidazole rings is 1. The molecule has 2 aliphatic rings. The maximum absolute atomic E-state index is 13.4. The fourth-order valence-corrected chi connectivity index (χ4v) is 6.10. The number of hydrogen-bond acceptors (Lipinski definition) is 2. The molecule has 1 aromatic heterocycles. The van der Waals surface area contributed by atoms with Gasteiger partial charge < -0.3 is 4.57 Å². The summed E-state index contributed by atoms with van der Waals surface area (Å²) in [4.78, 5) is 7.50. The molecule has 0 N–H and O–H groups in total. The molecule has 1 saturated heterocycles. The monoisotopic (exact) mass is 541 g/mol. The largest absolute Gasteiger partial charge is 0.416 e. The number of benzene rings is 2. The van der Waals surface area contributed by atoms with Crippen molar-refractivity contribution in [3.05, 3.63) is 54.1 Å². The van der Waals surface area contributed by atoms with Gasteiger partial charge in [-0.25, -0.2) is 4.98 Å². The Balaban J connectivity index is 0.00000180. The van der Waals surface area contributed by atoms with Crippen molar-refractivity contribution in [3.63, 3.8) is 0 Å². The number of aromatic nitrogens is 2. The molecule has 2 aromatic carbocycles. The summed E-state index contributed by atoms with van der Waals surface area (Å²) >= 11 is 0. The summed E-state index contributed by atoms with van der Waals surface area (Å²) in [6.45, 7) is 4.49. The number of rotatable bonds is 3. The average Bonchev–Trinajstić information content (AvgIpc) is 3.21. The number of alkyl halides is 3. The summed E-state index contributed by atoms with van der Waals surface area (Å²) in [6, 6.07) is 13.7. The van der Waals surface area contributed by atoms with Crippen molar-refractivity contribution in [2.75, 3.05) is 13.1 Å². The Bertz CT molecular complexity index is 1130. The third-order valence-electron chi connectivity index (χ3n) is 8.07. The van der Waals surface area contributed by atoms with E-state index in [0.29, 0.717) is 11.4 Å². The van der Waals surface area contributed by atoms with Crippen LogP contribution in [0, 0.1) is 0 Å². The molecule has 198 valence electrons. The van der Waals surface area contributed by atoms with Gasteiger partial charge in [0.1, 0.15) is 5.82 Å². The van der Waals surface area contributed by atoms with Crippen molar-refractivity contribution in [2.24, 2.45) is 0 Å². The molecule has 0 radical (unpaired) electrons. The van der Waals surface area contributed by atoms with Crippen molar-refractivity contribution in [3.8, 4) is 11.4 Å². The van der Waals surface area contributed by atoms with E-state index < -0.39 is 11.7 Å². The lowest BCUT2D eigenvalue weighted by Crippen LogP contribution is -2.50. The van der Waals surface area contributed by atoms with Gasteiger partial charge in [0.25, 0.3) is 0 Å². The predicted octanol–water partition coefficient (Wildman–Crippen LogP) is 8.71. The highest BCUT2D eigenvalue weighted by Crippen LogP contribution is 2.39. The Hall–Kier alpha value is -1.76. The second-order valence-corrected chi connectivity index (χ2v) is 10.4. The van der Waals surface area contributed by atoms with Crippen LogP contribution in [0.3, 0.4) is 0 Å². The Morgan fingerprint density at radius 3 is 2.17 bits per heavy atom. The van der Waals surface area contributed by atoms with Gasteiger partial charge in [-0.2, -0.15) is 13.2 Å². The highest BCUT2D eigenvalue weighted by Gasteiger charge is 2.36. The molecular formula is C28H36Cl2F3N3. The van der Waals surface area contributed by atoms with E-state index in [1.807, 2.05) is 24.3 Å². The third kappa shape index (κ3) is 5.87. The fraction of sp³-hybridized carbons (Fsp3) is 0.536. The summed E-state index contributed by atoms with van der Waals surface area (Å²) in [5.41, 5.74) is 2.01. The lowest BCUT2D eigenvalue weighted by atomic mass is 9.82. The van der Waals surface area contributed by atoms with Crippen LogP contribution in [0.1, 0.15) is 76.3 Å². The van der Waals surface area contributed by atoms with E-state index in [2.05, 4.69) is 16.4 Å². The topological polar surface area (TPSA) is 21.1 Å². The molecular weight excluding hydrogens is 506 g/mol. The molecule has 1 saturated carbocycles. The van der Waals surface area contributed by atoms with Crippen molar-refractivity contribution in [1.29, 1.82) is 0 Å². The zero-order valence-electron chi connectivity index (χ0n) is 20.8. The second-order valence-electron chi connectivity index (χ2n) is 10.4. The van der Waals surface area contributed by atoms with Crippen LogP contribution in [0.5, 0.6) is 0 Å². The minimum absolute atomic E-state index is 0. The van der Waals surface area contributed by atoms with Crippen LogP contribution in [0.25, 0.3) is 22.4 Å². The van der Waals surface area contributed by atoms with Crippen LogP contribution >= 0.6 is 24.8 Å². The molecule has 1 aliphatic heterocycles. The second kappa shape index (κ2) is 11.7. The third-order valence-corrected chi connectivity index (χ3v) is 8.07. The first-order valence-corrected chi connectivity index (χ1v) is 12.7. The van der Waals surface area contributed by atoms with Gasteiger partial charge in [0.15, 0.2) is 0 Å². The molecule has 5 rings (SSSR count). The highest BCUT2D eigenvalue weighted by atomic mass is 35.5. The summed E-state index contributed by atoms with van der Waals surface area (Å²) in [5, 5.41) is 0. The SMILES string of the molecule is CC1(N2CCC(n3c(-c4cccc(C(F)(F)F)c4)nc4ccccc43)CC2)CCCCCCC1.Cl.Cl. The Kier molecular flexibility index (Phi) is 9.40. The number of para-hydroxylation sites is 2. The molecule has 2 heterocycles. The Morgan fingerprint density at radius 2 is 1.50 bits per heavy atom. The summed E-state index contributed by atoms with van der Waals surface area (Å²) < 4.78 is 42.5. The van der Waals surface area contributed by atoms with Crippen molar-refractivity contribution in [2.45, 2.75) is 82.5 Å². The van der Waals surface area contributed by atoms with Crippen LogP contribution < -0.4 is 0 Å². The molecule has 0 spiro atoms. The van der Waals surface area contributed by atoms with E-state index in [9.17, 15) is 13.2 Å². The van der Waals surface area contributed by atoms with Crippen LogP contribution in [-0.2, 0) is 6.18 Å². The molecule has 0 amide bonds. The Labute approximate surface area is 224 Å². The van der Waals surface area contributed by atoms with E-state index in [-0.39, 0.29) is 36.4 Å². The number of fused-ring (bicyclic) bond motifs is 1. The zero-order valence-corrected chi connectivity index (χ0v) is 22.4. The standard InChI is InChI=1S/C28H34F3N3.2ClH/c1-27(16-7-3-2-4-8-17-27)33-18-14-23(15-19-33)34-25-13-6-5-12-24(25)32-26(34)21-10-9-11-22(20-21)28(29,30)31;;/h5-6,9-13,20,23H,2-4,7-8,14-19H2,1H3;2*1H. The van der Waals surface area contributed by atoms with E-state index >= 15 is 0 Å². The zero-order chi connectivity index (χ0) is 23.8. The van der Waals surface area contributed by atoms with E-state index in [1.165, 1.54) is 57.1 Å². The lowest BCUT2D eigenvalue weighted by Gasteiger charge is -2.46. The van der Waals surface area contributed by atoms with Gasteiger partial charge >= 0.3 is 6.18 Å². The van der Waals surface area contributed by atoms with Gasteiger partial charge in [-0.3, -0.25) is 4.90 Å². The maximum Gasteiger partial charge on any atom is 0.416 e. The predicted molar refractivity (Wildman–Crippen MR) is 145 cm³/mol. The number of piperidine rings is 1. The van der Waals surface area contributed by atoms with Gasteiger partial charge in [-0.1, -0.05) is 56.4 Å². The van der Waals surface area contributed by atoms with Gasteiger partial charge in [-0.15, -0.1) is 24.8 Å². The molecule has 3 nitrogen and oxygen atoms in total. The van der Waals surface area contributed by atoms with Crippen LogP contribution in [0.15, 0.2) is 48.5 Å². The van der Waals surface area contributed by atoms with E-state index in [4.69, 9.17) is 4.98 Å². The molecule has 8 heteroatoms. The molecule has 2 fully saturated rings. The molecule has 0 unspecified atom stereocenters. The van der Waals surface area contributed by atoms with Crippen LogP contribution in [0.2, 0.25) is 0 Å². The van der Waals surface area contributed by atoms with Gasteiger partial charge in [0, 0.05) is 30.2 Å². The first-order valence-electron chi connectivity index (χ1n) is 12.7. The van der Waals surface area contributed by atoms with Crippen LogP contribution in [0.4, 0.5) is 13.2 Å². The minimum Gasteiger partial charge on any atom is -0.321 e. The van der Waals surface area contributed by atoms with Gasteiger partial charge in [0.05, 0.1) is 16.6 Å². The normalized spacial score (nSPS) is 19.7. The number of halogens is 5. The number of hydrogen-bond donors (Lipinski definition) is 0. The number of likely N-dealkylation sites (tertiary alicyclic amines) is 1. The quantitative estimate of drug-likeness (QED) is 0.330. The minimum atomic E-state index is -4.37. The fourth-order valence-electron chi connectivity index (χ4n) is 6.10. The smallest absolute Gasteiger partial charge is 0.321 e. The van der Waals surface area contributed by atoms with Gasteiger partial charge in [-0.05, 0) is 56.9 Å². The van der Waals surface area contributed by atoms with E-state index in [0.717, 1.165) is 43.0 Å². The molecule has 36 heavy (non-hydrogen) atoms. The highest BCUT2D eigenvalue weighted by molar-refractivity contribution is 5.85.